The van der Waals surface area contributed by atoms with E-state index >= 15 is 0 Å². The van der Waals surface area contributed by atoms with Crippen LogP contribution in [0.1, 0.15) is 11.1 Å². The summed E-state index contributed by atoms with van der Waals surface area (Å²) in [4.78, 5) is 16.8. The Labute approximate surface area is 267 Å². The quantitative estimate of drug-likeness (QED) is 0.204. The number of benzene rings is 5. The maximum absolute atomic E-state index is 5.08. The molecule has 0 atom stereocenters. The number of aromatic nitrogens is 3. The molecule has 0 N–H and O–H groups in total. The molecular weight excluding hydrogens is 567 g/mol. The molecule has 0 fully saturated rings. The van der Waals surface area contributed by atoms with Crippen LogP contribution in [0.15, 0.2) is 162 Å². The summed E-state index contributed by atoms with van der Waals surface area (Å²) in [7, 11) is 0. The SMILES string of the molecule is C1=Cc2ccc(-c3cc(-c4ccccc4)nc(-c4cccnc4)n3)cc2-c2ccccc2Sc2ccccc2-c2ccccc21. The Balaban J connectivity index is 1.34. The molecule has 0 saturated heterocycles. The van der Waals surface area contributed by atoms with Crippen LogP contribution in [0.4, 0.5) is 0 Å². The summed E-state index contributed by atoms with van der Waals surface area (Å²) in [5.74, 6) is 0.653. The third kappa shape index (κ3) is 5.37. The van der Waals surface area contributed by atoms with Crippen molar-refractivity contribution in [3.05, 3.63) is 163 Å². The van der Waals surface area contributed by atoms with E-state index in [0.29, 0.717) is 5.82 Å². The number of fused-ring (bicyclic) bond motifs is 6. The first-order chi connectivity index (χ1) is 22.3. The van der Waals surface area contributed by atoms with Gasteiger partial charge in [-0.25, -0.2) is 9.97 Å². The lowest BCUT2D eigenvalue weighted by Crippen LogP contribution is -1.97. The van der Waals surface area contributed by atoms with Crippen molar-refractivity contribution in [1.82, 2.24) is 15.0 Å². The van der Waals surface area contributed by atoms with Gasteiger partial charge in [0.25, 0.3) is 0 Å². The van der Waals surface area contributed by atoms with Gasteiger partial charge in [-0.05, 0) is 69.8 Å². The van der Waals surface area contributed by atoms with Gasteiger partial charge in [-0.15, -0.1) is 0 Å². The summed E-state index contributed by atoms with van der Waals surface area (Å²) in [6, 6.07) is 49.0. The fourth-order valence-corrected chi connectivity index (χ4v) is 6.92. The Morgan fingerprint density at radius 2 is 1.02 bits per heavy atom. The molecule has 4 heteroatoms. The molecule has 7 aromatic rings. The van der Waals surface area contributed by atoms with Crippen LogP contribution < -0.4 is 0 Å². The van der Waals surface area contributed by atoms with Crippen molar-refractivity contribution in [2.45, 2.75) is 9.79 Å². The first-order valence-electron chi connectivity index (χ1n) is 14.9. The number of nitrogens with zero attached hydrogens (tertiary/aromatic N) is 3. The average molecular weight is 594 g/mol. The summed E-state index contributed by atoms with van der Waals surface area (Å²) in [6.07, 6.45) is 8.07. The summed E-state index contributed by atoms with van der Waals surface area (Å²) < 4.78 is 0. The van der Waals surface area contributed by atoms with E-state index in [2.05, 4.69) is 126 Å². The Bertz CT molecular complexity index is 2130. The van der Waals surface area contributed by atoms with Crippen molar-refractivity contribution in [3.63, 3.8) is 0 Å². The second-order valence-corrected chi connectivity index (χ2v) is 12.0. The van der Waals surface area contributed by atoms with Crippen molar-refractivity contribution < 1.29 is 0 Å². The zero-order valence-corrected chi connectivity index (χ0v) is 25.2. The highest BCUT2D eigenvalue weighted by atomic mass is 32.2. The highest BCUT2D eigenvalue weighted by Crippen LogP contribution is 2.44. The minimum Gasteiger partial charge on any atom is -0.264 e. The highest BCUT2D eigenvalue weighted by Gasteiger charge is 2.17. The monoisotopic (exact) mass is 593 g/mol. The van der Waals surface area contributed by atoms with Gasteiger partial charge in [-0.1, -0.05) is 127 Å². The standard InChI is InChI=1S/C41H27N3S/c1-2-12-30(13-3-1)37-26-38(44-41(43-37)32-14-10-24-42-27-32)31-23-22-29-21-20-28-11-4-5-15-33(28)34-16-6-8-18-39(34)45-40-19-9-7-17-35(40)36(29)25-31/h1-27H. The van der Waals surface area contributed by atoms with Crippen molar-refractivity contribution in [1.29, 1.82) is 0 Å². The zero-order valence-electron chi connectivity index (χ0n) is 24.3. The van der Waals surface area contributed by atoms with E-state index in [9.17, 15) is 0 Å². The van der Waals surface area contributed by atoms with E-state index in [4.69, 9.17) is 9.97 Å². The van der Waals surface area contributed by atoms with Gasteiger partial charge in [-0.3, -0.25) is 4.98 Å². The molecule has 1 aliphatic rings. The average Bonchev–Trinajstić information content (AvgIpc) is 3.14. The van der Waals surface area contributed by atoms with E-state index in [0.717, 1.165) is 39.2 Å². The predicted molar refractivity (Wildman–Crippen MR) is 186 cm³/mol. The molecule has 0 aliphatic carbocycles. The van der Waals surface area contributed by atoms with Crippen molar-refractivity contribution in [2.24, 2.45) is 0 Å². The van der Waals surface area contributed by atoms with Crippen molar-refractivity contribution in [3.8, 4) is 56.2 Å². The molecule has 212 valence electrons. The van der Waals surface area contributed by atoms with Crippen LogP contribution in [0.25, 0.3) is 68.3 Å². The van der Waals surface area contributed by atoms with E-state index in [1.54, 1.807) is 6.20 Å². The Kier molecular flexibility index (Phi) is 7.10. The van der Waals surface area contributed by atoms with Gasteiger partial charge in [-0.2, -0.15) is 0 Å². The fraction of sp³-hybridized carbons (Fsp3) is 0. The minimum absolute atomic E-state index is 0.653. The van der Waals surface area contributed by atoms with E-state index in [1.807, 2.05) is 48.3 Å². The number of rotatable bonds is 3. The van der Waals surface area contributed by atoms with Crippen LogP contribution in [0.2, 0.25) is 0 Å². The molecule has 3 nitrogen and oxygen atoms in total. The lowest BCUT2D eigenvalue weighted by molar-refractivity contribution is 1.17. The third-order valence-corrected chi connectivity index (χ3v) is 9.19. The van der Waals surface area contributed by atoms with Gasteiger partial charge < -0.3 is 0 Å². The van der Waals surface area contributed by atoms with Crippen LogP contribution >= 0.6 is 11.8 Å². The summed E-state index contributed by atoms with van der Waals surface area (Å²) in [5, 5.41) is 0. The van der Waals surface area contributed by atoms with Gasteiger partial charge in [0.1, 0.15) is 0 Å². The lowest BCUT2D eigenvalue weighted by atomic mass is 9.94. The summed E-state index contributed by atoms with van der Waals surface area (Å²) >= 11 is 1.82. The molecule has 5 aromatic carbocycles. The topological polar surface area (TPSA) is 38.7 Å². The highest BCUT2D eigenvalue weighted by molar-refractivity contribution is 7.99. The van der Waals surface area contributed by atoms with Gasteiger partial charge in [0.2, 0.25) is 0 Å². The molecular formula is C41H27N3S. The molecule has 1 aliphatic heterocycles. The summed E-state index contributed by atoms with van der Waals surface area (Å²) in [5.41, 5.74) is 11.9. The van der Waals surface area contributed by atoms with Crippen LogP contribution in [0, 0.1) is 0 Å². The summed E-state index contributed by atoms with van der Waals surface area (Å²) in [6.45, 7) is 0. The normalized spacial score (nSPS) is 11.8. The van der Waals surface area contributed by atoms with Crippen LogP contribution in [0.3, 0.4) is 0 Å². The van der Waals surface area contributed by atoms with Gasteiger partial charge in [0, 0.05) is 38.9 Å². The smallest absolute Gasteiger partial charge is 0.161 e. The Hall–Kier alpha value is -5.58. The second-order valence-electron chi connectivity index (χ2n) is 10.9. The molecule has 45 heavy (non-hydrogen) atoms. The maximum Gasteiger partial charge on any atom is 0.161 e. The van der Waals surface area contributed by atoms with Crippen molar-refractivity contribution in [2.75, 3.05) is 0 Å². The fourth-order valence-electron chi connectivity index (χ4n) is 5.81. The van der Waals surface area contributed by atoms with E-state index < -0.39 is 0 Å². The van der Waals surface area contributed by atoms with Gasteiger partial charge in [0.05, 0.1) is 11.4 Å². The molecule has 8 rings (SSSR count). The van der Waals surface area contributed by atoms with Crippen molar-refractivity contribution >= 4 is 23.9 Å². The Morgan fingerprint density at radius 1 is 0.422 bits per heavy atom. The molecule has 0 saturated carbocycles. The molecule has 2 aromatic heterocycles. The van der Waals surface area contributed by atoms with Crippen LogP contribution in [0.5, 0.6) is 0 Å². The first-order valence-corrected chi connectivity index (χ1v) is 15.7. The molecule has 0 amide bonds. The third-order valence-electron chi connectivity index (χ3n) is 8.04. The molecule has 0 bridgehead atoms. The zero-order chi connectivity index (χ0) is 30.0. The first kappa shape index (κ1) is 27.0. The maximum atomic E-state index is 5.08. The lowest BCUT2D eigenvalue weighted by Gasteiger charge is -2.15. The molecule has 0 spiro atoms. The van der Waals surface area contributed by atoms with E-state index in [1.165, 1.54) is 32.0 Å². The number of hydrogen-bond donors (Lipinski definition) is 0. The van der Waals surface area contributed by atoms with Crippen LogP contribution in [-0.4, -0.2) is 15.0 Å². The molecule has 0 unspecified atom stereocenters. The largest absolute Gasteiger partial charge is 0.264 e. The molecule has 0 radical (unpaired) electrons. The van der Waals surface area contributed by atoms with Gasteiger partial charge >= 0.3 is 0 Å². The Morgan fingerprint density at radius 3 is 1.76 bits per heavy atom. The second kappa shape index (κ2) is 11.8. The van der Waals surface area contributed by atoms with Crippen LogP contribution in [-0.2, 0) is 0 Å². The van der Waals surface area contributed by atoms with E-state index in [-0.39, 0.29) is 0 Å². The molecule has 3 heterocycles. The predicted octanol–water partition coefficient (Wildman–Crippen LogP) is 10.8. The number of pyridine rings is 1. The van der Waals surface area contributed by atoms with Gasteiger partial charge in [0.15, 0.2) is 5.82 Å². The minimum atomic E-state index is 0.653. The number of hydrogen-bond acceptors (Lipinski definition) is 4.